The van der Waals surface area contributed by atoms with Gasteiger partial charge in [0.15, 0.2) is 11.5 Å². The van der Waals surface area contributed by atoms with Crippen molar-refractivity contribution in [3.8, 4) is 11.5 Å². The van der Waals surface area contributed by atoms with Crippen LogP contribution >= 0.6 is 0 Å². The average Bonchev–Trinajstić information content (AvgIpc) is 2.61. The summed E-state index contributed by atoms with van der Waals surface area (Å²) >= 11 is 0. The Balaban J connectivity index is 1.81. The largest absolute Gasteiger partial charge is 0.504 e. The molecule has 5 heteroatoms. The number of ether oxygens (including phenoxy) is 1. The van der Waals surface area contributed by atoms with E-state index in [0.29, 0.717) is 11.8 Å². The lowest BCUT2D eigenvalue weighted by Gasteiger charge is -2.40. The molecule has 0 spiro atoms. The van der Waals surface area contributed by atoms with Gasteiger partial charge in [0.2, 0.25) is 0 Å². The van der Waals surface area contributed by atoms with Gasteiger partial charge in [0, 0.05) is 45.3 Å². The number of hydrogen-bond donors (Lipinski definition) is 2. The van der Waals surface area contributed by atoms with Crippen LogP contribution in [0.5, 0.6) is 11.5 Å². The maximum atomic E-state index is 9.92. The smallest absolute Gasteiger partial charge is 0.160 e. The number of benzene rings is 1. The SMILES string of the molecule is COc1cc(C(CN2CCCC(C)C2)N2CCNCC2)ccc1O. The topological polar surface area (TPSA) is 48.0 Å². The van der Waals surface area contributed by atoms with Gasteiger partial charge in [-0.1, -0.05) is 13.0 Å². The van der Waals surface area contributed by atoms with Crippen molar-refractivity contribution in [3.05, 3.63) is 23.8 Å². The third kappa shape index (κ3) is 4.21. The molecule has 0 radical (unpaired) electrons. The molecule has 3 rings (SSSR count). The second kappa shape index (κ2) is 8.19. The fraction of sp³-hybridized carbons (Fsp3) is 0.684. The highest BCUT2D eigenvalue weighted by molar-refractivity contribution is 5.42. The van der Waals surface area contributed by atoms with E-state index < -0.39 is 0 Å². The van der Waals surface area contributed by atoms with Crippen LogP contribution in [0.25, 0.3) is 0 Å². The van der Waals surface area contributed by atoms with Gasteiger partial charge in [-0.3, -0.25) is 4.90 Å². The summed E-state index contributed by atoms with van der Waals surface area (Å²) in [4.78, 5) is 5.18. The van der Waals surface area contributed by atoms with Crippen molar-refractivity contribution in [3.63, 3.8) is 0 Å². The summed E-state index contributed by atoms with van der Waals surface area (Å²) in [6.45, 7) is 10.0. The quantitative estimate of drug-likeness (QED) is 0.864. The number of hydrogen-bond acceptors (Lipinski definition) is 5. The number of nitrogens with one attached hydrogen (secondary N) is 1. The van der Waals surface area contributed by atoms with Crippen molar-refractivity contribution in [2.24, 2.45) is 5.92 Å². The molecule has 2 fully saturated rings. The molecule has 24 heavy (non-hydrogen) atoms. The van der Waals surface area contributed by atoms with E-state index in [9.17, 15) is 5.11 Å². The van der Waals surface area contributed by atoms with Gasteiger partial charge in [-0.05, 0) is 43.0 Å². The van der Waals surface area contributed by atoms with Gasteiger partial charge in [-0.2, -0.15) is 0 Å². The third-order valence-electron chi connectivity index (χ3n) is 5.35. The molecule has 0 bridgehead atoms. The lowest BCUT2D eigenvalue weighted by Crippen LogP contribution is -2.49. The molecule has 2 aliphatic heterocycles. The Morgan fingerprint density at radius 1 is 1.29 bits per heavy atom. The van der Waals surface area contributed by atoms with E-state index in [1.165, 1.54) is 31.5 Å². The molecule has 0 amide bonds. The van der Waals surface area contributed by atoms with Crippen LogP contribution in [0, 0.1) is 5.92 Å². The molecular formula is C19H31N3O2. The molecule has 1 aromatic rings. The number of piperidine rings is 1. The minimum atomic E-state index is 0.215. The van der Waals surface area contributed by atoms with Gasteiger partial charge in [0.05, 0.1) is 7.11 Å². The molecule has 5 nitrogen and oxygen atoms in total. The van der Waals surface area contributed by atoms with E-state index in [1.807, 2.05) is 6.07 Å². The van der Waals surface area contributed by atoms with Crippen LogP contribution < -0.4 is 10.1 Å². The molecule has 2 unspecified atom stereocenters. The Bertz CT molecular complexity index is 531. The molecule has 0 aromatic heterocycles. The van der Waals surface area contributed by atoms with Crippen molar-refractivity contribution >= 4 is 0 Å². The van der Waals surface area contributed by atoms with E-state index in [4.69, 9.17) is 4.74 Å². The summed E-state index contributed by atoms with van der Waals surface area (Å²) in [7, 11) is 1.62. The second-order valence-electron chi connectivity index (χ2n) is 7.24. The second-order valence-corrected chi connectivity index (χ2v) is 7.24. The molecule has 134 valence electrons. The maximum Gasteiger partial charge on any atom is 0.160 e. The van der Waals surface area contributed by atoms with Crippen molar-refractivity contribution < 1.29 is 9.84 Å². The van der Waals surface area contributed by atoms with Gasteiger partial charge >= 0.3 is 0 Å². The van der Waals surface area contributed by atoms with Crippen molar-refractivity contribution in [1.82, 2.24) is 15.1 Å². The number of nitrogens with zero attached hydrogens (tertiary/aromatic N) is 2. The first-order chi connectivity index (χ1) is 11.7. The lowest BCUT2D eigenvalue weighted by molar-refractivity contribution is 0.0999. The monoisotopic (exact) mass is 333 g/mol. The van der Waals surface area contributed by atoms with Gasteiger partial charge in [-0.15, -0.1) is 0 Å². The lowest BCUT2D eigenvalue weighted by atomic mass is 9.97. The molecule has 2 atom stereocenters. The molecule has 2 heterocycles. The molecular weight excluding hydrogens is 302 g/mol. The number of phenols is 1. The van der Waals surface area contributed by atoms with Crippen LogP contribution in [0.15, 0.2) is 18.2 Å². The van der Waals surface area contributed by atoms with Crippen molar-refractivity contribution in [2.45, 2.75) is 25.8 Å². The Morgan fingerprint density at radius 2 is 2.08 bits per heavy atom. The van der Waals surface area contributed by atoms with E-state index in [-0.39, 0.29) is 5.75 Å². The molecule has 1 aromatic carbocycles. The number of rotatable bonds is 5. The fourth-order valence-corrected chi connectivity index (χ4v) is 4.02. The Labute approximate surface area is 145 Å². The summed E-state index contributed by atoms with van der Waals surface area (Å²) in [6.07, 6.45) is 2.65. The van der Waals surface area contributed by atoms with E-state index in [0.717, 1.165) is 38.6 Å². The van der Waals surface area contributed by atoms with E-state index in [1.54, 1.807) is 13.2 Å². The first-order valence-electron chi connectivity index (χ1n) is 9.21. The van der Waals surface area contributed by atoms with Gasteiger partial charge in [0.25, 0.3) is 0 Å². The molecule has 0 saturated carbocycles. The summed E-state index contributed by atoms with van der Waals surface area (Å²) in [5.74, 6) is 1.57. The highest BCUT2D eigenvalue weighted by Crippen LogP contribution is 2.32. The maximum absolute atomic E-state index is 9.92. The summed E-state index contributed by atoms with van der Waals surface area (Å²) < 4.78 is 5.34. The van der Waals surface area contributed by atoms with E-state index >= 15 is 0 Å². The van der Waals surface area contributed by atoms with Gasteiger partial charge in [-0.25, -0.2) is 0 Å². The minimum absolute atomic E-state index is 0.215. The number of aromatic hydroxyl groups is 1. The summed E-state index contributed by atoms with van der Waals surface area (Å²) in [5, 5.41) is 13.4. The Hall–Kier alpha value is -1.30. The normalized spacial score (nSPS) is 24.7. The zero-order valence-electron chi connectivity index (χ0n) is 15.0. The highest BCUT2D eigenvalue weighted by atomic mass is 16.5. The van der Waals surface area contributed by atoms with Crippen LogP contribution in [0.1, 0.15) is 31.4 Å². The minimum Gasteiger partial charge on any atom is -0.504 e. The number of phenolic OH excluding ortho intramolecular Hbond substituents is 1. The summed E-state index contributed by atoms with van der Waals surface area (Å²) in [6, 6.07) is 6.18. The van der Waals surface area contributed by atoms with Crippen LogP contribution in [-0.4, -0.2) is 67.8 Å². The Morgan fingerprint density at radius 3 is 2.79 bits per heavy atom. The zero-order valence-corrected chi connectivity index (χ0v) is 15.0. The predicted octanol–water partition coefficient (Wildman–Crippen LogP) is 2.08. The van der Waals surface area contributed by atoms with Gasteiger partial charge in [0.1, 0.15) is 0 Å². The number of methoxy groups -OCH3 is 1. The van der Waals surface area contributed by atoms with Crippen molar-refractivity contribution in [1.29, 1.82) is 0 Å². The van der Waals surface area contributed by atoms with Crippen LogP contribution in [0.2, 0.25) is 0 Å². The fourth-order valence-electron chi connectivity index (χ4n) is 4.02. The molecule has 2 aliphatic rings. The molecule has 2 saturated heterocycles. The first kappa shape index (κ1) is 17.5. The standard InChI is InChI=1S/C19H31N3O2/c1-15-4-3-9-21(13-15)14-17(22-10-7-20-8-11-22)16-5-6-18(23)19(12-16)24-2/h5-6,12,15,17,20,23H,3-4,7-11,13-14H2,1-2H3. The van der Waals surface area contributed by atoms with Crippen molar-refractivity contribution in [2.75, 3.05) is 52.9 Å². The number of likely N-dealkylation sites (tertiary alicyclic amines) is 1. The van der Waals surface area contributed by atoms with Crippen LogP contribution in [-0.2, 0) is 0 Å². The predicted molar refractivity (Wildman–Crippen MR) is 96.7 cm³/mol. The number of piperazine rings is 1. The zero-order chi connectivity index (χ0) is 16.9. The summed E-state index contributed by atoms with van der Waals surface area (Å²) in [5.41, 5.74) is 1.24. The highest BCUT2D eigenvalue weighted by Gasteiger charge is 2.27. The molecule has 0 aliphatic carbocycles. The van der Waals surface area contributed by atoms with Crippen LogP contribution in [0.3, 0.4) is 0 Å². The Kier molecular flexibility index (Phi) is 5.98. The van der Waals surface area contributed by atoms with Gasteiger partial charge < -0.3 is 20.1 Å². The third-order valence-corrected chi connectivity index (χ3v) is 5.35. The van der Waals surface area contributed by atoms with E-state index in [2.05, 4.69) is 28.1 Å². The van der Waals surface area contributed by atoms with Crippen LogP contribution in [0.4, 0.5) is 0 Å². The first-order valence-corrected chi connectivity index (χ1v) is 9.21. The average molecular weight is 333 g/mol. The molecule has 2 N–H and O–H groups in total.